The molecule has 2 nitrogen and oxygen atoms in total. The number of Topliss-reactive ketones (excluding diaryl/α,β-unsaturated/α-hetero) is 1. The van der Waals surface area contributed by atoms with Gasteiger partial charge in [-0.25, -0.2) is 8.78 Å². The Morgan fingerprint density at radius 3 is 2.45 bits per heavy atom. The van der Waals surface area contributed by atoms with E-state index >= 15 is 0 Å². The minimum Gasteiger partial charge on any atom is -0.292 e. The maximum atomic E-state index is 13.2. The summed E-state index contributed by atoms with van der Waals surface area (Å²) in [5, 5.41) is 9.06. The third kappa shape index (κ3) is 2.84. The quantitative estimate of drug-likeness (QED) is 0.799. The standard InChI is InChI=1S/C15H8ClF2NO/c16-14-7-11(18)4-5-12(14)15(20)13(8-19)9-2-1-3-10(17)6-9/h1-7,13H. The second-order valence-electron chi connectivity index (χ2n) is 4.11. The first-order valence-corrected chi connectivity index (χ1v) is 6.05. The zero-order valence-corrected chi connectivity index (χ0v) is 10.9. The molecule has 1 unspecified atom stereocenters. The van der Waals surface area contributed by atoms with Crippen LogP contribution in [0.1, 0.15) is 21.8 Å². The summed E-state index contributed by atoms with van der Waals surface area (Å²) in [4.78, 5) is 12.3. The summed E-state index contributed by atoms with van der Waals surface area (Å²) in [6, 6.07) is 10.3. The molecule has 0 heterocycles. The Labute approximate surface area is 119 Å². The monoisotopic (exact) mass is 291 g/mol. The lowest BCUT2D eigenvalue weighted by Gasteiger charge is -2.10. The predicted octanol–water partition coefficient (Wildman–Crippen LogP) is 4.11. The summed E-state index contributed by atoms with van der Waals surface area (Å²) in [7, 11) is 0. The molecule has 100 valence electrons. The Kier molecular flexibility index (Phi) is 4.11. The van der Waals surface area contributed by atoms with Gasteiger partial charge < -0.3 is 0 Å². The zero-order chi connectivity index (χ0) is 14.7. The fraction of sp³-hybridized carbons (Fsp3) is 0.0667. The van der Waals surface area contributed by atoms with Gasteiger partial charge >= 0.3 is 0 Å². The highest BCUT2D eigenvalue weighted by Gasteiger charge is 2.24. The van der Waals surface area contributed by atoms with Gasteiger partial charge in [0, 0.05) is 5.56 Å². The molecule has 0 bridgehead atoms. The molecule has 0 amide bonds. The van der Waals surface area contributed by atoms with E-state index in [4.69, 9.17) is 16.9 Å². The first-order chi connectivity index (χ1) is 9.52. The summed E-state index contributed by atoms with van der Waals surface area (Å²) in [6.45, 7) is 0. The molecule has 1 atom stereocenters. The Hall–Kier alpha value is -2.25. The van der Waals surface area contributed by atoms with Crippen molar-refractivity contribution in [2.75, 3.05) is 0 Å². The fourth-order valence-corrected chi connectivity index (χ4v) is 2.08. The average Bonchev–Trinajstić information content (AvgIpc) is 2.39. The first kappa shape index (κ1) is 14.2. The Morgan fingerprint density at radius 1 is 1.15 bits per heavy atom. The van der Waals surface area contributed by atoms with E-state index in [1.54, 1.807) is 0 Å². The molecule has 0 aliphatic carbocycles. The van der Waals surface area contributed by atoms with Crippen LogP contribution in [0.15, 0.2) is 42.5 Å². The maximum Gasteiger partial charge on any atom is 0.185 e. The van der Waals surface area contributed by atoms with Crippen molar-refractivity contribution in [2.45, 2.75) is 5.92 Å². The molecule has 0 fully saturated rings. The Bertz CT molecular complexity index is 709. The number of carbonyl (C=O) groups is 1. The van der Waals surface area contributed by atoms with Crippen LogP contribution >= 0.6 is 11.6 Å². The van der Waals surface area contributed by atoms with Crippen LogP contribution in [0.5, 0.6) is 0 Å². The van der Waals surface area contributed by atoms with Crippen molar-refractivity contribution >= 4 is 17.4 Å². The summed E-state index contributed by atoms with van der Waals surface area (Å²) in [6.07, 6.45) is 0. The molecule has 0 radical (unpaired) electrons. The Morgan fingerprint density at radius 2 is 1.85 bits per heavy atom. The molecule has 5 heteroatoms. The number of nitrogens with zero attached hydrogens (tertiary/aromatic N) is 1. The summed E-state index contributed by atoms with van der Waals surface area (Å²) in [5.74, 6) is -2.90. The van der Waals surface area contributed by atoms with Gasteiger partial charge in [-0.2, -0.15) is 5.26 Å². The lowest BCUT2D eigenvalue weighted by Crippen LogP contribution is -2.12. The average molecular weight is 292 g/mol. The van der Waals surface area contributed by atoms with E-state index in [2.05, 4.69) is 0 Å². The topological polar surface area (TPSA) is 40.9 Å². The second kappa shape index (κ2) is 5.81. The highest BCUT2D eigenvalue weighted by molar-refractivity contribution is 6.34. The van der Waals surface area contributed by atoms with Crippen LogP contribution in [0.2, 0.25) is 5.02 Å². The molecule has 0 spiro atoms. The highest BCUT2D eigenvalue weighted by Crippen LogP contribution is 2.26. The van der Waals surface area contributed by atoms with Gasteiger partial charge in [0.15, 0.2) is 5.78 Å². The van der Waals surface area contributed by atoms with E-state index in [-0.39, 0.29) is 16.1 Å². The molecule has 0 aromatic heterocycles. The van der Waals surface area contributed by atoms with Crippen LogP contribution in [0, 0.1) is 23.0 Å². The molecule has 0 saturated carbocycles. The second-order valence-corrected chi connectivity index (χ2v) is 4.51. The third-order valence-electron chi connectivity index (χ3n) is 2.77. The van der Waals surface area contributed by atoms with Crippen LogP contribution < -0.4 is 0 Å². The third-order valence-corrected chi connectivity index (χ3v) is 3.08. The smallest absolute Gasteiger partial charge is 0.185 e. The van der Waals surface area contributed by atoms with Gasteiger partial charge in [0.1, 0.15) is 17.6 Å². The number of carbonyl (C=O) groups excluding carboxylic acids is 1. The molecule has 0 saturated heterocycles. The van der Waals surface area contributed by atoms with Crippen LogP contribution in [-0.4, -0.2) is 5.78 Å². The molecule has 20 heavy (non-hydrogen) atoms. The number of benzene rings is 2. The molecule has 0 N–H and O–H groups in total. The maximum absolute atomic E-state index is 13.2. The molecule has 2 aromatic carbocycles. The zero-order valence-electron chi connectivity index (χ0n) is 10.1. The highest BCUT2D eigenvalue weighted by atomic mass is 35.5. The summed E-state index contributed by atoms with van der Waals surface area (Å²) < 4.78 is 26.1. The molecule has 2 rings (SSSR count). The van der Waals surface area contributed by atoms with Gasteiger partial charge in [0.2, 0.25) is 0 Å². The molecule has 0 aliphatic rings. The lowest BCUT2D eigenvalue weighted by molar-refractivity contribution is 0.0979. The molecular weight excluding hydrogens is 284 g/mol. The van der Waals surface area contributed by atoms with E-state index in [0.29, 0.717) is 0 Å². The number of hydrogen-bond acceptors (Lipinski definition) is 2. The van der Waals surface area contributed by atoms with E-state index in [9.17, 15) is 13.6 Å². The Balaban J connectivity index is 2.42. The van der Waals surface area contributed by atoms with Gasteiger partial charge in [-0.1, -0.05) is 23.7 Å². The fourth-order valence-electron chi connectivity index (χ4n) is 1.82. The van der Waals surface area contributed by atoms with Crippen molar-refractivity contribution in [1.82, 2.24) is 0 Å². The lowest BCUT2D eigenvalue weighted by atomic mass is 9.92. The number of halogens is 3. The minimum atomic E-state index is -1.19. The summed E-state index contributed by atoms with van der Waals surface area (Å²) in [5.41, 5.74) is 0.266. The van der Waals surface area contributed by atoms with Gasteiger partial charge in [0.25, 0.3) is 0 Å². The van der Waals surface area contributed by atoms with Crippen LogP contribution in [-0.2, 0) is 0 Å². The van der Waals surface area contributed by atoms with E-state index < -0.39 is 23.3 Å². The number of rotatable bonds is 3. The molecule has 0 aliphatic heterocycles. The largest absolute Gasteiger partial charge is 0.292 e. The normalized spacial score (nSPS) is 11.7. The van der Waals surface area contributed by atoms with Crippen molar-refractivity contribution in [1.29, 1.82) is 5.26 Å². The first-order valence-electron chi connectivity index (χ1n) is 5.67. The predicted molar refractivity (Wildman–Crippen MR) is 70.5 cm³/mol. The van der Waals surface area contributed by atoms with E-state index in [1.807, 2.05) is 6.07 Å². The van der Waals surface area contributed by atoms with E-state index in [1.165, 1.54) is 24.3 Å². The number of ketones is 1. The van der Waals surface area contributed by atoms with Crippen molar-refractivity contribution in [3.8, 4) is 6.07 Å². The van der Waals surface area contributed by atoms with Gasteiger partial charge in [-0.15, -0.1) is 0 Å². The number of nitriles is 1. The summed E-state index contributed by atoms with van der Waals surface area (Å²) >= 11 is 5.80. The van der Waals surface area contributed by atoms with Crippen LogP contribution in [0.4, 0.5) is 8.78 Å². The van der Waals surface area contributed by atoms with Crippen molar-refractivity contribution in [2.24, 2.45) is 0 Å². The van der Waals surface area contributed by atoms with Crippen LogP contribution in [0.3, 0.4) is 0 Å². The van der Waals surface area contributed by atoms with Crippen molar-refractivity contribution in [3.05, 3.63) is 70.2 Å². The van der Waals surface area contributed by atoms with Crippen molar-refractivity contribution in [3.63, 3.8) is 0 Å². The minimum absolute atomic E-state index is 0.0314. The van der Waals surface area contributed by atoms with Crippen LogP contribution in [0.25, 0.3) is 0 Å². The van der Waals surface area contributed by atoms with Gasteiger partial charge in [-0.05, 0) is 35.9 Å². The molecule has 2 aromatic rings. The number of hydrogen-bond donors (Lipinski definition) is 0. The van der Waals surface area contributed by atoms with Gasteiger partial charge in [-0.3, -0.25) is 4.79 Å². The SMILES string of the molecule is N#CC(C(=O)c1ccc(F)cc1Cl)c1cccc(F)c1. The van der Waals surface area contributed by atoms with Gasteiger partial charge in [0.05, 0.1) is 11.1 Å². The van der Waals surface area contributed by atoms with Crippen molar-refractivity contribution < 1.29 is 13.6 Å². The van der Waals surface area contributed by atoms with E-state index in [0.717, 1.165) is 18.2 Å². The molecular formula is C15H8ClF2NO.